The maximum absolute atomic E-state index is 13.2. The molecule has 2 rings (SSSR count). The molecule has 1 nitrogen and oxygen atoms in total. The minimum atomic E-state index is -0.247. The van der Waals surface area contributed by atoms with Gasteiger partial charge in [0.2, 0.25) is 0 Å². The molecule has 4 heteroatoms. The lowest BCUT2D eigenvalue weighted by Gasteiger charge is -2.13. The zero-order chi connectivity index (χ0) is 14.5. The third kappa shape index (κ3) is 4.08. The number of thioether (sulfide) groups is 1. The molecule has 1 unspecified atom stereocenters. The molecule has 0 spiro atoms. The van der Waals surface area contributed by atoms with Crippen LogP contribution in [0.25, 0.3) is 0 Å². The van der Waals surface area contributed by atoms with Crippen molar-refractivity contribution in [3.63, 3.8) is 0 Å². The van der Waals surface area contributed by atoms with Crippen molar-refractivity contribution in [1.82, 2.24) is 0 Å². The Kier molecular flexibility index (Phi) is 5.64. The lowest BCUT2D eigenvalue weighted by Crippen LogP contribution is -2.13. The minimum absolute atomic E-state index is 0.0759. The Balaban J connectivity index is 2.06. The summed E-state index contributed by atoms with van der Waals surface area (Å²) in [6, 6.07) is 13.3. The molecule has 0 fully saturated rings. The molecule has 0 saturated carbocycles. The van der Waals surface area contributed by atoms with Crippen LogP contribution in [-0.4, -0.2) is 5.75 Å². The van der Waals surface area contributed by atoms with E-state index in [1.807, 2.05) is 11.8 Å². The molecule has 0 amide bonds. The largest absolute Gasteiger partial charge is 0.324 e. The molecule has 2 N–H and O–H groups in total. The highest BCUT2D eigenvalue weighted by Gasteiger charge is 2.09. The van der Waals surface area contributed by atoms with Gasteiger partial charge in [0.25, 0.3) is 0 Å². The van der Waals surface area contributed by atoms with Crippen LogP contribution in [0.4, 0.5) is 4.39 Å². The van der Waals surface area contributed by atoms with Crippen molar-refractivity contribution in [1.29, 1.82) is 0 Å². The van der Waals surface area contributed by atoms with Crippen LogP contribution in [0.1, 0.15) is 24.1 Å². The van der Waals surface area contributed by atoms with E-state index >= 15 is 0 Å². The second-order valence-electron chi connectivity index (χ2n) is 4.56. The predicted molar refractivity (Wildman–Crippen MR) is 87.6 cm³/mol. The second-order valence-corrected chi connectivity index (χ2v) is 6.75. The van der Waals surface area contributed by atoms with E-state index < -0.39 is 0 Å². The summed E-state index contributed by atoms with van der Waals surface area (Å²) in [6.07, 6.45) is 0.694. The summed E-state index contributed by atoms with van der Waals surface area (Å²) >= 11 is 5.01. The Hall–Kier alpha value is -0.840. The topological polar surface area (TPSA) is 26.0 Å². The van der Waals surface area contributed by atoms with Gasteiger partial charge in [0.05, 0.1) is 4.47 Å². The van der Waals surface area contributed by atoms with Crippen molar-refractivity contribution in [2.24, 2.45) is 5.73 Å². The molecule has 0 aromatic heterocycles. The van der Waals surface area contributed by atoms with Gasteiger partial charge in [-0.25, -0.2) is 4.39 Å². The summed E-state index contributed by atoms with van der Waals surface area (Å²) in [5, 5.41) is 0. The highest BCUT2D eigenvalue weighted by Crippen LogP contribution is 2.23. The zero-order valence-electron chi connectivity index (χ0n) is 11.3. The Morgan fingerprint density at radius 1 is 1.20 bits per heavy atom. The van der Waals surface area contributed by atoms with Crippen LogP contribution in [0.15, 0.2) is 51.8 Å². The number of rotatable bonds is 5. The summed E-state index contributed by atoms with van der Waals surface area (Å²) in [6.45, 7) is 2.14. The summed E-state index contributed by atoms with van der Waals surface area (Å²) in [5.74, 6) is 0.818. The Morgan fingerprint density at radius 2 is 1.90 bits per heavy atom. The van der Waals surface area contributed by atoms with Crippen molar-refractivity contribution < 1.29 is 4.39 Å². The lowest BCUT2D eigenvalue weighted by atomic mass is 10.00. The van der Waals surface area contributed by atoms with E-state index in [-0.39, 0.29) is 11.9 Å². The highest BCUT2D eigenvalue weighted by atomic mass is 79.9. The van der Waals surface area contributed by atoms with Gasteiger partial charge in [0.15, 0.2) is 0 Å². The Morgan fingerprint density at radius 3 is 2.50 bits per heavy atom. The monoisotopic (exact) mass is 353 g/mol. The molecule has 0 heterocycles. The SMILES string of the molecule is CCSc1ccc(C(N)Cc2ccc(F)c(Br)c2)cc1. The van der Waals surface area contributed by atoms with Gasteiger partial charge in [-0.15, -0.1) is 11.8 Å². The first-order valence-electron chi connectivity index (χ1n) is 6.52. The fourth-order valence-corrected chi connectivity index (χ4v) is 3.10. The molecule has 106 valence electrons. The van der Waals surface area contributed by atoms with Gasteiger partial charge in [0.1, 0.15) is 5.82 Å². The maximum Gasteiger partial charge on any atom is 0.137 e. The van der Waals surface area contributed by atoms with Gasteiger partial charge in [-0.2, -0.15) is 0 Å². The molecular formula is C16H17BrFNS. The highest BCUT2D eigenvalue weighted by molar-refractivity contribution is 9.10. The van der Waals surface area contributed by atoms with E-state index in [9.17, 15) is 4.39 Å². The molecule has 0 saturated heterocycles. The molecule has 0 aliphatic heterocycles. The average Bonchev–Trinajstić information content (AvgIpc) is 2.44. The minimum Gasteiger partial charge on any atom is -0.324 e. The fourth-order valence-electron chi connectivity index (χ4n) is 2.02. The third-order valence-electron chi connectivity index (χ3n) is 3.06. The van der Waals surface area contributed by atoms with Crippen molar-refractivity contribution in [2.75, 3.05) is 5.75 Å². The molecule has 0 aliphatic carbocycles. The third-order valence-corrected chi connectivity index (χ3v) is 4.56. The molecule has 0 bridgehead atoms. The first kappa shape index (κ1) is 15.5. The van der Waals surface area contributed by atoms with Gasteiger partial charge in [-0.1, -0.05) is 25.1 Å². The summed E-state index contributed by atoms with van der Waals surface area (Å²) in [5.41, 5.74) is 8.35. The quantitative estimate of drug-likeness (QED) is 0.770. The molecule has 0 aliphatic rings. The van der Waals surface area contributed by atoms with Crippen LogP contribution in [0.3, 0.4) is 0 Å². The number of hydrogen-bond donors (Lipinski definition) is 1. The van der Waals surface area contributed by atoms with Crippen LogP contribution < -0.4 is 5.73 Å². The van der Waals surface area contributed by atoms with Gasteiger partial charge >= 0.3 is 0 Å². The molecule has 2 aromatic carbocycles. The first-order chi connectivity index (χ1) is 9.60. The van der Waals surface area contributed by atoms with E-state index in [1.54, 1.807) is 12.1 Å². The normalized spacial score (nSPS) is 12.4. The molecule has 2 aromatic rings. The number of hydrogen-bond acceptors (Lipinski definition) is 2. The van der Waals surface area contributed by atoms with E-state index in [0.29, 0.717) is 10.9 Å². The lowest BCUT2D eigenvalue weighted by molar-refractivity contribution is 0.618. The summed E-state index contributed by atoms with van der Waals surface area (Å²) in [7, 11) is 0. The van der Waals surface area contributed by atoms with Crippen molar-refractivity contribution in [2.45, 2.75) is 24.3 Å². The van der Waals surface area contributed by atoms with Crippen LogP contribution >= 0.6 is 27.7 Å². The standard InChI is InChI=1S/C16H17BrFNS/c1-2-20-13-6-4-12(5-7-13)16(19)10-11-3-8-15(18)14(17)9-11/h3-9,16H,2,10,19H2,1H3. The molecule has 20 heavy (non-hydrogen) atoms. The van der Waals surface area contributed by atoms with Crippen LogP contribution in [-0.2, 0) is 6.42 Å². The van der Waals surface area contributed by atoms with Gasteiger partial charge < -0.3 is 5.73 Å². The zero-order valence-corrected chi connectivity index (χ0v) is 13.7. The maximum atomic E-state index is 13.2. The number of benzene rings is 2. The van der Waals surface area contributed by atoms with Crippen LogP contribution in [0, 0.1) is 5.82 Å². The summed E-state index contributed by atoms with van der Waals surface area (Å²) < 4.78 is 13.7. The van der Waals surface area contributed by atoms with Gasteiger partial charge in [-0.05, 0) is 63.5 Å². The van der Waals surface area contributed by atoms with E-state index in [2.05, 4.69) is 47.1 Å². The molecule has 0 radical (unpaired) electrons. The molecule has 1 atom stereocenters. The Bertz CT molecular complexity index is 571. The van der Waals surface area contributed by atoms with Crippen LogP contribution in [0.5, 0.6) is 0 Å². The van der Waals surface area contributed by atoms with E-state index in [1.165, 1.54) is 11.0 Å². The Labute approximate surface area is 131 Å². The first-order valence-corrected chi connectivity index (χ1v) is 8.30. The number of halogens is 2. The van der Waals surface area contributed by atoms with Gasteiger partial charge in [0, 0.05) is 10.9 Å². The van der Waals surface area contributed by atoms with E-state index in [4.69, 9.17) is 5.73 Å². The van der Waals surface area contributed by atoms with Crippen molar-refractivity contribution in [3.8, 4) is 0 Å². The molecular weight excluding hydrogens is 337 g/mol. The smallest absolute Gasteiger partial charge is 0.137 e. The average molecular weight is 354 g/mol. The summed E-state index contributed by atoms with van der Waals surface area (Å²) in [4.78, 5) is 1.26. The van der Waals surface area contributed by atoms with E-state index in [0.717, 1.165) is 16.9 Å². The fraction of sp³-hybridized carbons (Fsp3) is 0.250. The number of nitrogens with two attached hydrogens (primary N) is 1. The van der Waals surface area contributed by atoms with Crippen LogP contribution in [0.2, 0.25) is 0 Å². The van der Waals surface area contributed by atoms with Gasteiger partial charge in [-0.3, -0.25) is 0 Å². The van der Waals surface area contributed by atoms with Crippen molar-refractivity contribution >= 4 is 27.7 Å². The van der Waals surface area contributed by atoms with Crippen molar-refractivity contribution in [3.05, 3.63) is 63.9 Å². The second kappa shape index (κ2) is 7.25. The predicted octanol–water partition coefficient (Wildman–Crippen LogP) is 4.94.